The van der Waals surface area contributed by atoms with E-state index in [4.69, 9.17) is 4.42 Å². The van der Waals surface area contributed by atoms with Gasteiger partial charge >= 0.3 is 0 Å². The van der Waals surface area contributed by atoms with Gasteiger partial charge in [-0.1, -0.05) is 12.5 Å². The lowest BCUT2D eigenvalue weighted by Gasteiger charge is -2.33. The molecule has 0 radical (unpaired) electrons. The van der Waals surface area contributed by atoms with Crippen molar-refractivity contribution in [2.75, 3.05) is 13.1 Å². The fourth-order valence-corrected chi connectivity index (χ4v) is 6.36. The average molecular weight is 392 g/mol. The second-order valence-electron chi connectivity index (χ2n) is 9.09. The molecular formula is C25H29NOS. The number of furan rings is 1. The van der Waals surface area contributed by atoms with E-state index in [1.807, 2.05) is 11.3 Å². The van der Waals surface area contributed by atoms with E-state index in [1.165, 1.54) is 86.0 Å². The van der Waals surface area contributed by atoms with E-state index in [2.05, 4.69) is 40.6 Å². The van der Waals surface area contributed by atoms with Gasteiger partial charge in [-0.3, -0.25) is 0 Å². The second-order valence-corrected chi connectivity index (χ2v) is 10.0. The molecule has 1 aliphatic carbocycles. The van der Waals surface area contributed by atoms with Crippen molar-refractivity contribution in [2.24, 2.45) is 0 Å². The first kappa shape index (κ1) is 17.3. The molecule has 4 heterocycles. The number of benzene rings is 1. The molecule has 3 heteroatoms. The molecule has 2 saturated heterocycles. The minimum Gasteiger partial charge on any atom is -0.460 e. The molecule has 3 aromatic rings. The monoisotopic (exact) mass is 391 g/mol. The Morgan fingerprint density at radius 3 is 2.68 bits per heavy atom. The highest BCUT2D eigenvalue weighted by Gasteiger charge is 2.36. The molecule has 2 aromatic heterocycles. The minimum absolute atomic E-state index is 0.668. The topological polar surface area (TPSA) is 16.4 Å². The van der Waals surface area contributed by atoms with Crippen LogP contribution in [0.25, 0.3) is 21.4 Å². The predicted octanol–water partition coefficient (Wildman–Crippen LogP) is 7.16. The molecule has 146 valence electrons. The lowest BCUT2D eigenvalue weighted by atomic mass is 9.87. The molecule has 28 heavy (non-hydrogen) atoms. The molecule has 2 aliphatic heterocycles. The Kier molecular flexibility index (Phi) is 4.34. The van der Waals surface area contributed by atoms with Gasteiger partial charge in [0.05, 0.1) is 0 Å². The largest absolute Gasteiger partial charge is 0.460 e. The van der Waals surface area contributed by atoms with E-state index in [0.29, 0.717) is 11.8 Å². The van der Waals surface area contributed by atoms with Crippen LogP contribution in [-0.2, 0) is 0 Å². The van der Waals surface area contributed by atoms with E-state index < -0.39 is 0 Å². The van der Waals surface area contributed by atoms with Gasteiger partial charge in [0.1, 0.15) is 11.3 Å². The smallest absolute Gasteiger partial charge is 0.134 e. The molecule has 0 amide bonds. The summed E-state index contributed by atoms with van der Waals surface area (Å²) in [6.07, 6.45) is 10.9. The lowest BCUT2D eigenvalue weighted by molar-refractivity contribution is 0.151. The van der Waals surface area contributed by atoms with Crippen molar-refractivity contribution in [3.63, 3.8) is 0 Å². The van der Waals surface area contributed by atoms with Crippen molar-refractivity contribution in [3.05, 3.63) is 47.0 Å². The zero-order valence-corrected chi connectivity index (χ0v) is 17.3. The standard InChI is InChI=1S/C25H29NOS/c1-2-13-26-14-12-17(8-10-20(26)4-1)24-21-16-19(23-5-3-15-28-23)9-11-22(21)27-25(24)18-6-7-18/h3,5,9,11,15-18,20H,1-2,4,6-8,10,12-14H2. The Hall–Kier alpha value is -1.58. The zero-order valence-electron chi connectivity index (χ0n) is 16.5. The molecule has 2 nitrogen and oxygen atoms in total. The van der Waals surface area contributed by atoms with Gasteiger partial charge in [-0.25, -0.2) is 0 Å². The van der Waals surface area contributed by atoms with Crippen LogP contribution in [0.4, 0.5) is 0 Å². The first-order valence-electron chi connectivity index (χ1n) is 11.2. The summed E-state index contributed by atoms with van der Waals surface area (Å²) in [5.41, 5.74) is 4.04. The Balaban J connectivity index is 1.41. The van der Waals surface area contributed by atoms with E-state index >= 15 is 0 Å². The van der Waals surface area contributed by atoms with Gasteiger partial charge in [-0.05, 0) is 99.2 Å². The van der Waals surface area contributed by atoms with Gasteiger partial charge in [0.2, 0.25) is 0 Å². The Bertz CT molecular complexity index is 952. The van der Waals surface area contributed by atoms with Crippen molar-refractivity contribution in [1.82, 2.24) is 4.90 Å². The number of hydrogen-bond acceptors (Lipinski definition) is 3. The van der Waals surface area contributed by atoms with Gasteiger partial charge in [0, 0.05) is 27.8 Å². The summed E-state index contributed by atoms with van der Waals surface area (Å²) >= 11 is 1.83. The molecule has 2 unspecified atom stereocenters. The van der Waals surface area contributed by atoms with Crippen LogP contribution in [0, 0.1) is 0 Å². The van der Waals surface area contributed by atoms with E-state index in [9.17, 15) is 0 Å². The van der Waals surface area contributed by atoms with Crippen molar-refractivity contribution in [2.45, 2.75) is 69.2 Å². The number of rotatable bonds is 3. The van der Waals surface area contributed by atoms with Gasteiger partial charge in [-0.2, -0.15) is 0 Å². The van der Waals surface area contributed by atoms with E-state index in [-0.39, 0.29) is 0 Å². The number of thiophene rings is 1. The molecule has 3 fully saturated rings. The van der Waals surface area contributed by atoms with Crippen LogP contribution in [0.15, 0.2) is 40.1 Å². The third-order valence-electron chi connectivity index (χ3n) is 7.28. The third-order valence-corrected chi connectivity index (χ3v) is 8.20. The second kappa shape index (κ2) is 7.03. The fraction of sp³-hybridized carbons (Fsp3) is 0.520. The lowest BCUT2D eigenvalue weighted by Crippen LogP contribution is -2.38. The SMILES string of the molecule is c1csc(-c2ccc3oc(C4CC4)c(C4CCC5CCCCN5CC4)c3c2)c1. The molecule has 1 saturated carbocycles. The highest BCUT2D eigenvalue weighted by Crippen LogP contribution is 2.49. The average Bonchev–Trinajstić information content (AvgIpc) is 3.36. The molecule has 2 atom stereocenters. The number of nitrogens with zero attached hydrogens (tertiary/aromatic N) is 1. The van der Waals surface area contributed by atoms with Crippen molar-refractivity contribution < 1.29 is 4.42 Å². The van der Waals surface area contributed by atoms with E-state index in [0.717, 1.165) is 11.6 Å². The summed E-state index contributed by atoms with van der Waals surface area (Å²) in [5.74, 6) is 2.68. The summed E-state index contributed by atoms with van der Waals surface area (Å²) < 4.78 is 6.50. The molecule has 0 spiro atoms. The highest BCUT2D eigenvalue weighted by molar-refractivity contribution is 7.13. The molecular weight excluding hydrogens is 362 g/mol. The van der Waals surface area contributed by atoms with Gasteiger partial charge < -0.3 is 9.32 Å². The molecule has 1 aromatic carbocycles. The fourth-order valence-electron chi connectivity index (χ4n) is 5.63. The van der Waals surface area contributed by atoms with Crippen LogP contribution >= 0.6 is 11.3 Å². The third kappa shape index (κ3) is 3.04. The normalized spacial score (nSPS) is 26.3. The Labute approximate surface area is 171 Å². The predicted molar refractivity (Wildman–Crippen MR) is 117 cm³/mol. The number of piperidine rings is 1. The summed E-state index contributed by atoms with van der Waals surface area (Å²) in [6, 6.07) is 12.1. The minimum atomic E-state index is 0.668. The highest BCUT2D eigenvalue weighted by atomic mass is 32.1. The molecule has 0 bridgehead atoms. The summed E-state index contributed by atoms with van der Waals surface area (Å²) in [4.78, 5) is 4.15. The van der Waals surface area contributed by atoms with Gasteiger partial charge in [0.15, 0.2) is 0 Å². The zero-order chi connectivity index (χ0) is 18.5. The Morgan fingerprint density at radius 1 is 0.893 bits per heavy atom. The van der Waals surface area contributed by atoms with Crippen molar-refractivity contribution >= 4 is 22.3 Å². The molecule has 0 N–H and O–H groups in total. The van der Waals surface area contributed by atoms with Crippen LogP contribution < -0.4 is 0 Å². The van der Waals surface area contributed by atoms with E-state index in [1.54, 1.807) is 5.56 Å². The maximum Gasteiger partial charge on any atom is 0.134 e. The maximum atomic E-state index is 6.50. The Morgan fingerprint density at radius 2 is 1.82 bits per heavy atom. The summed E-state index contributed by atoms with van der Waals surface area (Å²) in [5, 5.41) is 3.57. The number of fused-ring (bicyclic) bond motifs is 2. The first-order chi connectivity index (χ1) is 13.9. The van der Waals surface area contributed by atoms with Crippen LogP contribution in [0.1, 0.15) is 74.5 Å². The summed E-state index contributed by atoms with van der Waals surface area (Å²) in [6.45, 7) is 2.60. The van der Waals surface area contributed by atoms with Gasteiger partial charge in [0.25, 0.3) is 0 Å². The van der Waals surface area contributed by atoms with Crippen LogP contribution in [-0.4, -0.2) is 24.0 Å². The van der Waals surface area contributed by atoms with Crippen molar-refractivity contribution in [1.29, 1.82) is 0 Å². The maximum absolute atomic E-state index is 6.50. The van der Waals surface area contributed by atoms with Crippen LogP contribution in [0.2, 0.25) is 0 Å². The van der Waals surface area contributed by atoms with Gasteiger partial charge in [-0.15, -0.1) is 11.3 Å². The van der Waals surface area contributed by atoms with Crippen LogP contribution in [0.3, 0.4) is 0 Å². The van der Waals surface area contributed by atoms with Crippen molar-refractivity contribution in [3.8, 4) is 10.4 Å². The summed E-state index contributed by atoms with van der Waals surface area (Å²) in [7, 11) is 0. The number of hydrogen-bond donors (Lipinski definition) is 0. The molecule has 3 aliphatic rings. The molecule has 6 rings (SSSR count). The van der Waals surface area contributed by atoms with Crippen LogP contribution in [0.5, 0.6) is 0 Å². The first-order valence-corrected chi connectivity index (χ1v) is 12.1. The quantitative estimate of drug-likeness (QED) is 0.471.